The highest BCUT2D eigenvalue weighted by atomic mass is 16.5. The van der Waals surface area contributed by atoms with Crippen molar-refractivity contribution in [3.63, 3.8) is 0 Å². The van der Waals surface area contributed by atoms with Gasteiger partial charge in [-0.2, -0.15) is 0 Å². The van der Waals surface area contributed by atoms with Crippen LogP contribution in [0.25, 0.3) is 0 Å². The number of aliphatic hydroxyl groups is 1. The Balaban J connectivity index is 3.57. The molecular formula is C13H20O6. The van der Waals surface area contributed by atoms with Crippen molar-refractivity contribution in [2.45, 2.75) is 32.6 Å². The summed E-state index contributed by atoms with van der Waals surface area (Å²) in [4.78, 5) is 33.4. The van der Waals surface area contributed by atoms with E-state index in [2.05, 4.69) is 6.58 Å². The monoisotopic (exact) mass is 272 g/mol. The maximum Gasteiger partial charge on any atom is 0.333 e. The van der Waals surface area contributed by atoms with Crippen molar-refractivity contribution in [2.75, 3.05) is 19.8 Å². The van der Waals surface area contributed by atoms with Crippen molar-refractivity contribution in [1.29, 1.82) is 0 Å². The van der Waals surface area contributed by atoms with Crippen LogP contribution < -0.4 is 0 Å². The molecule has 0 fully saturated rings. The fraction of sp³-hybridized carbons (Fsp3) is 0.615. The Morgan fingerprint density at radius 2 is 1.68 bits per heavy atom. The summed E-state index contributed by atoms with van der Waals surface area (Å²) in [6.45, 7) is 4.83. The summed E-state index contributed by atoms with van der Waals surface area (Å²) in [6.07, 6.45) is 0.787. The molecule has 0 heterocycles. The van der Waals surface area contributed by atoms with Crippen molar-refractivity contribution in [3.05, 3.63) is 12.2 Å². The molecule has 0 radical (unpaired) electrons. The topological polar surface area (TPSA) is 89.9 Å². The molecule has 1 N–H and O–H groups in total. The van der Waals surface area contributed by atoms with Gasteiger partial charge >= 0.3 is 11.9 Å². The van der Waals surface area contributed by atoms with E-state index in [9.17, 15) is 14.4 Å². The number of carbonyl (C=O) groups excluding carboxylic acids is 3. The molecule has 6 heteroatoms. The first-order valence-corrected chi connectivity index (χ1v) is 6.08. The molecule has 0 rings (SSSR count). The van der Waals surface area contributed by atoms with E-state index in [-0.39, 0.29) is 50.4 Å². The summed E-state index contributed by atoms with van der Waals surface area (Å²) in [5.74, 6) is -1.13. The van der Waals surface area contributed by atoms with Gasteiger partial charge in [0.05, 0.1) is 13.0 Å². The highest BCUT2D eigenvalue weighted by Gasteiger charge is 2.08. The average Bonchev–Trinajstić information content (AvgIpc) is 2.36. The van der Waals surface area contributed by atoms with Gasteiger partial charge in [-0.3, -0.25) is 9.59 Å². The standard InChI is InChI=1S/C13H20O6/c1-10(2)13(17)19-9-6-12(16)18-8-5-11(15)4-3-7-14/h14H,1,3-9H2,2H3. The number of ether oxygens (including phenoxy) is 2. The minimum Gasteiger partial charge on any atom is -0.465 e. The smallest absolute Gasteiger partial charge is 0.333 e. The molecule has 0 saturated heterocycles. The van der Waals surface area contributed by atoms with Crippen LogP contribution in [0.15, 0.2) is 12.2 Å². The molecule has 0 aliphatic carbocycles. The fourth-order valence-electron chi connectivity index (χ4n) is 1.10. The van der Waals surface area contributed by atoms with Crippen LogP contribution in [0.2, 0.25) is 0 Å². The van der Waals surface area contributed by atoms with E-state index < -0.39 is 11.9 Å². The van der Waals surface area contributed by atoms with Crippen LogP contribution in [-0.4, -0.2) is 42.6 Å². The van der Waals surface area contributed by atoms with Gasteiger partial charge in [0.25, 0.3) is 0 Å². The van der Waals surface area contributed by atoms with Gasteiger partial charge in [0.15, 0.2) is 0 Å². The van der Waals surface area contributed by atoms with Gasteiger partial charge in [-0.05, 0) is 13.3 Å². The zero-order chi connectivity index (χ0) is 14.7. The molecule has 0 saturated carbocycles. The number of hydrogen-bond acceptors (Lipinski definition) is 6. The Hall–Kier alpha value is -1.69. The average molecular weight is 272 g/mol. The number of rotatable bonds is 10. The van der Waals surface area contributed by atoms with Crippen molar-refractivity contribution < 1.29 is 29.0 Å². The zero-order valence-corrected chi connectivity index (χ0v) is 11.1. The molecule has 0 spiro atoms. The van der Waals surface area contributed by atoms with Crippen molar-refractivity contribution in [3.8, 4) is 0 Å². The second-order valence-corrected chi connectivity index (χ2v) is 4.00. The molecule has 0 aromatic carbocycles. The van der Waals surface area contributed by atoms with Crippen molar-refractivity contribution in [2.24, 2.45) is 0 Å². The maximum atomic E-state index is 11.2. The second-order valence-electron chi connectivity index (χ2n) is 4.00. The largest absolute Gasteiger partial charge is 0.465 e. The molecule has 19 heavy (non-hydrogen) atoms. The molecule has 108 valence electrons. The van der Waals surface area contributed by atoms with E-state index in [1.54, 1.807) is 0 Å². The molecule has 0 aliphatic heterocycles. The molecule has 0 bridgehead atoms. The highest BCUT2D eigenvalue weighted by Crippen LogP contribution is 1.98. The SMILES string of the molecule is C=C(C)C(=O)OCCC(=O)OCCC(=O)CCCO. The van der Waals surface area contributed by atoms with Gasteiger partial charge in [0, 0.05) is 25.0 Å². The lowest BCUT2D eigenvalue weighted by Crippen LogP contribution is -2.14. The first-order chi connectivity index (χ1) is 8.97. The highest BCUT2D eigenvalue weighted by molar-refractivity contribution is 5.87. The third-order valence-corrected chi connectivity index (χ3v) is 2.15. The quantitative estimate of drug-likeness (QED) is 0.466. The first-order valence-electron chi connectivity index (χ1n) is 6.08. The summed E-state index contributed by atoms with van der Waals surface area (Å²) in [5, 5.41) is 8.52. The Kier molecular flexibility index (Phi) is 9.34. The zero-order valence-electron chi connectivity index (χ0n) is 11.1. The van der Waals surface area contributed by atoms with Gasteiger partial charge in [-0.25, -0.2) is 4.79 Å². The van der Waals surface area contributed by atoms with Gasteiger partial charge in [-0.15, -0.1) is 0 Å². The third-order valence-electron chi connectivity index (χ3n) is 2.15. The molecule has 0 unspecified atom stereocenters. The van der Waals surface area contributed by atoms with Crippen molar-refractivity contribution in [1.82, 2.24) is 0 Å². The number of aliphatic hydroxyl groups excluding tert-OH is 1. The van der Waals surface area contributed by atoms with Crippen LogP contribution >= 0.6 is 0 Å². The minimum atomic E-state index is -0.549. The summed E-state index contributed by atoms with van der Waals surface area (Å²) < 4.78 is 9.52. The van der Waals surface area contributed by atoms with Gasteiger partial charge in [0.1, 0.15) is 12.4 Å². The maximum absolute atomic E-state index is 11.2. The van der Waals surface area contributed by atoms with E-state index in [0.29, 0.717) is 6.42 Å². The fourth-order valence-corrected chi connectivity index (χ4v) is 1.10. The number of carbonyl (C=O) groups is 3. The number of esters is 2. The normalized spacial score (nSPS) is 9.79. The lowest BCUT2D eigenvalue weighted by molar-refractivity contribution is -0.147. The molecule has 0 atom stereocenters. The number of hydrogen-bond donors (Lipinski definition) is 1. The minimum absolute atomic E-state index is 0.0114. The summed E-state index contributed by atoms with van der Waals surface area (Å²) in [6, 6.07) is 0. The molecule has 0 aromatic rings. The van der Waals surface area contributed by atoms with Crippen LogP contribution in [-0.2, 0) is 23.9 Å². The Labute approximate surface area is 112 Å². The van der Waals surface area contributed by atoms with Gasteiger partial charge in [-0.1, -0.05) is 6.58 Å². The Morgan fingerprint density at radius 3 is 2.26 bits per heavy atom. The predicted molar refractivity (Wildman–Crippen MR) is 67.3 cm³/mol. The van der Waals surface area contributed by atoms with Crippen LogP contribution in [0.1, 0.15) is 32.6 Å². The summed E-state index contributed by atoms with van der Waals surface area (Å²) >= 11 is 0. The van der Waals surface area contributed by atoms with E-state index in [1.807, 2.05) is 0 Å². The van der Waals surface area contributed by atoms with E-state index in [0.717, 1.165) is 0 Å². The van der Waals surface area contributed by atoms with Crippen LogP contribution in [0.5, 0.6) is 0 Å². The molecule has 0 aliphatic rings. The third kappa shape index (κ3) is 9.96. The number of Topliss-reactive ketones (excluding diaryl/α,β-unsaturated/α-hetero) is 1. The van der Waals surface area contributed by atoms with Crippen LogP contribution in [0.4, 0.5) is 0 Å². The molecule has 0 amide bonds. The van der Waals surface area contributed by atoms with Gasteiger partial charge in [0.2, 0.25) is 0 Å². The Bertz CT molecular complexity index is 334. The van der Waals surface area contributed by atoms with Crippen molar-refractivity contribution >= 4 is 17.7 Å². The Morgan fingerprint density at radius 1 is 1.05 bits per heavy atom. The van der Waals surface area contributed by atoms with E-state index in [4.69, 9.17) is 14.6 Å². The van der Waals surface area contributed by atoms with E-state index >= 15 is 0 Å². The van der Waals surface area contributed by atoms with E-state index in [1.165, 1.54) is 6.92 Å². The molecular weight excluding hydrogens is 252 g/mol. The second kappa shape index (κ2) is 10.3. The van der Waals surface area contributed by atoms with Crippen LogP contribution in [0, 0.1) is 0 Å². The first kappa shape index (κ1) is 17.3. The lowest BCUT2D eigenvalue weighted by atomic mass is 10.2. The van der Waals surface area contributed by atoms with Crippen LogP contribution in [0.3, 0.4) is 0 Å². The molecule has 6 nitrogen and oxygen atoms in total. The predicted octanol–water partition coefficient (Wildman–Crippen LogP) is 0.771. The molecule has 0 aromatic heterocycles. The number of ketones is 1. The summed E-state index contributed by atoms with van der Waals surface area (Å²) in [5.41, 5.74) is 0.267. The summed E-state index contributed by atoms with van der Waals surface area (Å²) in [7, 11) is 0. The van der Waals surface area contributed by atoms with Gasteiger partial charge < -0.3 is 14.6 Å². The lowest BCUT2D eigenvalue weighted by Gasteiger charge is -2.05.